The maximum Gasteiger partial charge on any atom is 0.285 e. The van der Waals surface area contributed by atoms with E-state index in [2.05, 4.69) is 22.3 Å². The van der Waals surface area contributed by atoms with Gasteiger partial charge in [-0.1, -0.05) is 6.42 Å². The standard InChI is InChI=1S/C11H16N4O/c1-9-4-2-3-7-15(9)14-11(16)10-8-12-5-6-13-10/h5-6,8-9H,2-4,7H2,1H3,(H,14,16). The first-order valence-electron chi connectivity index (χ1n) is 5.61. The molecule has 0 radical (unpaired) electrons. The van der Waals surface area contributed by atoms with E-state index in [4.69, 9.17) is 0 Å². The molecule has 1 aromatic heterocycles. The quantitative estimate of drug-likeness (QED) is 0.807. The summed E-state index contributed by atoms with van der Waals surface area (Å²) in [5, 5.41) is 1.99. The molecule has 2 rings (SSSR count). The molecule has 0 bridgehead atoms. The zero-order valence-corrected chi connectivity index (χ0v) is 9.39. The maximum atomic E-state index is 11.8. The van der Waals surface area contributed by atoms with Gasteiger partial charge in [-0.25, -0.2) is 9.99 Å². The minimum Gasteiger partial charge on any atom is -0.283 e. The molecule has 2 heterocycles. The van der Waals surface area contributed by atoms with Crippen molar-refractivity contribution < 1.29 is 4.79 Å². The maximum absolute atomic E-state index is 11.8. The summed E-state index contributed by atoms with van der Waals surface area (Å²) in [7, 11) is 0. The van der Waals surface area contributed by atoms with Crippen molar-refractivity contribution in [3.8, 4) is 0 Å². The summed E-state index contributed by atoms with van der Waals surface area (Å²) < 4.78 is 0. The number of carbonyl (C=O) groups is 1. The number of rotatable bonds is 2. The average molecular weight is 220 g/mol. The lowest BCUT2D eigenvalue weighted by Crippen LogP contribution is -2.49. The zero-order chi connectivity index (χ0) is 11.4. The second kappa shape index (κ2) is 5.03. The third kappa shape index (κ3) is 2.55. The van der Waals surface area contributed by atoms with Crippen molar-refractivity contribution in [2.24, 2.45) is 0 Å². The van der Waals surface area contributed by atoms with E-state index in [0.717, 1.165) is 19.4 Å². The molecule has 0 saturated carbocycles. The molecule has 1 fully saturated rings. The van der Waals surface area contributed by atoms with Gasteiger partial charge in [0.1, 0.15) is 5.69 Å². The van der Waals surface area contributed by atoms with E-state index in [1.54, 1.807) is 6.20 Å². The number of nitrogens with one attached hydrogen (secondary N) is 1. The summed E-state index contributed by atoms with van der Waals surface area (Å²) >= 11 is 0. The van der Waals surface area contributed by atoms with Crippen LogP contribution in [0.15, 0.2) is 18.6 Å². The SMILES string of the molecule is CC1CCCCN1NC(=O)c1cnccn1. The molecule has 16 heavy (non-hydrogen) atoms. The number of nitrogens with zero attached hydrogens (tertiary/aromatic N) is 3. The second-order valence-electron chi connectivity index (χ2n) is 4.07. The van der Waals surface area contributed by atoms with Gasteiger partial charge in [0.15, 0.2) is 0 Å². The number of piperidine rings is 1. The van der Waals surface area contributed by atoms with Gasteiger partial charge in [0.25, 0.3) is 5.91 Å². The Morgan fingerprint density at radius 1 is 1.50 bits per heavy atom. The van der Waals surface area contributed by atoms with Crippen LogP contribution in [0.5, 0.6) is 0 Å². The van der Waals surface area contributed by atoms with Crippen LogP contribution < -0.4 is 5.43 Å². The van der Waals surface area contributed by atoms with Gasteiger partial charge in [-0.05, 0) is 19.8 Å². The summed E-state index contributed by atoms with van der Waals surface area (Å²) in [5.74, 6) is -0.179. The van der Waals surface area contributed by atoms with Crippen molar-refractivity contribution in [2.45, 2.75) is 32.2 Å². The van der Waals surface area contributed by atoms with E-state index >= 15 is 0 Å². The Bertz CT molecular complexity index is 354. The number of hydrogen-bond acceptors (Lipinski definition) is 4. The lowest BCUT2D eigenvalue weighted by molar-refractivity contribution is 0.0607. The van der Waals surface area contributed by atoms with Crippen molar-refractivity contribution in [3.63, 3.8) is 0 Å². The van der Waals surface area contributed by atoms with Crippen molar-refractivity contribution >= 4 is 5.91 Å². The summed E-state index contributed by atoms with van der Waals surface area (Å²) in [6.07, 6.45) is 8.04. The third-order valence-electron chi connectivity index (χ3n) is 2.84. The molecule has 1 saturated heterocycles. The molecule has 1 amide bonds. The molecule has 5 nitrogen and oxygen atoms in total. The monoisotopic (exact) mass is 220 g/mol. The van der Waals surface area contributed by atoms with Crippen LogP contribution in [0.3, 0.4) is 0 Å². The zero-order valence-electron chi connectivity index (χ0n) is 9.39. The summed E-state index contributed by atoms with van der Waals surface area (Å²) in [6, 6.07) is 0.398. The highest BCUT2D eigenvalue weighted by Gasteiger charge is 2.20. The first kappa shape index (κ1) is 11.0. The predicted octanol–water partition coefficient (Wildman–Crippen LogP) is 0.996. The molecule has 0 spiro atoms. The van der Waals surface area contributed by atoms with E-state index in [0.29, 0.717) is 11.7 Å². The molecule has 86 valence electrons. The molecule has 1 aliphatic heterocycles. The Morgan fingerprint density at radius 2 is 2.38 bits per heavy atom. The first-order valence-corrected chi connectivity index (χ1v) is 5.61. The van der Waals surface area contributed by atoms with Crippen LogP contribution in [-0.2, 0) is 0 Å². The van der Waals surface area contributed by atoms with Crippen LogP contribution >= 0.6 is 0 Å². The molecule has 1 atom stereocenters. The Kier molecular flexibility index (Phi) is 3.46. The van der Waals surface area contributed by atoms with Crippen LogP contribution in [0.2, 0.25) is 0 Å². The van der Waals surface area contributed by atoms with Gasteiger partial charge in [0, 0.05) is 25.0 Å². The minimum absolute atomic E-state index is 0.179. The number of carbonyl (C=O) groups excluding carboxylic acids is 1. The van der Waals surface area contributed by atoms with Gasteiger partial charge in [0.05, 0.1) is 6.20 Å². The Balaban J connectivity index is 1.96. The normalized spacial score (nSPS) is 21.7. The van der Waals surface area contributed by atoms with E-state index < -0.39 is 0 Å². The molecular formula is C11H16N4O. The van der Waals surface area contributed by atoms with Crippen molar-refractivity contribution in [2.75, 3.05) is 6.54 Å². The topological polar surface area (TPSA) is 58.1 Å². The molecule has 5 heteroatoms. The number of hydrogen-bond donors (Lipinski definition) is 1. The van der Waals surface area contributed by atoms with Crippen molar-refractivity contribution in [1.82, 2.24) is 20.4 Å². The third-order valence-corrected chi connectivity index (χ3v) is 2.84. The lowest BCUT2D eigenvalue weighted by Gasteiger charge is -2.33. The number of amides is 1. The van der Waals surface area contributed by atoms with Gasteiger partial charge in [0.2, 0.25) is 0 Å². The molecule has 1 aliphatic rings. The smallest absolute Gasteiger partial charge is 0.283 e. The summed E-state index contributed by atoms with van der Waals surface area (Å²) in [6.45, 7) is 3.03. The largest absolute Gasteiger partial charge is 0.285 e. The van der Waals surface area contributed by atoms with Gasteiger partial charge in [-0.3, -0.25) is 15.2 Å². The van der Waals surface area contributed by atoms with Crippen LogP contribution in [0.4, 0.5) is 0 Å². The van der Waals surface area contributed by atoms with Crippen LogP contribution in [0.1, 0.15) is 36.7 Å². The lowest BCUT2D eigenvalue weighted by atomic mass is 10.1. The fourth-order valence-electron chi connectivity index (χ4n) is 1.87. The van der Waals surface area contributed by atoms with E-state index in [1.807, 2.05) is 5.01 Å². The first-order chi connectivity index (χ1) is 7.77. The van der Waals surface area contributed by atoms with Gasteiger partial charge in [-0.15, -0.1) is 0 Å². The second-order valence-corrected chi connectivity index (χ2v) is 4.07. The molecule has 0 aliphatic carbocycles. The summed E-state index contributed by atoms with van der Waals surface area (Å²) in [5.41, 5.74) is 3.24. The van der Waals surface area contributed by atoms with Crippen LogP contribution in [0, 0.1) is 0 Å². The Morgan fingerprint density at radius 3 is 3.06 bits per heavy atom. The number of hydrazine groups is 1. The van der Waals surface area contributed by atoms with E-state index in [-0.39, 0.29) is 5.91 Å². The van der Waals surface area contributed by atoms with Gasteiger partial charge >= 0.3 is 0 Å². The highest BCUT2D eigenvalue weighted by Crippen LogP contribution is 2.14. The highest BCUT2D eigenvalue weighted by atomic mass is 16.2. The molecule has 1 N–H and O–H groups in total. The van der Waals surface area contributed by atoms with Crippen LogP contribution in [0.25, 0.3) is 0 Å². The predicted molar refractivity (Wildman–Crippen MR) is 59.5 cm³/mol. The summed E-state index contributed by atoms with van der Waals surface area (Å²) in [4.78, 5) is 19.6. The van der Waals surface area contributed by atoms with Crippen LogP contribution in [-0.4, -0.2) is 33.5 Å². The molecular weight excluding hydrogens is 204 g/mol. The average Bonchev–Trinajstić information content (AvgIpc) is 2.33. The van der Waals surface area contributed by atoms with Crippen molar-refractivity contribution in [3.05, 3.63) is 24.3 Å². The Labute approximate surface area is 94.9 Å². The number of aromatic nitrogens is 2. The van der Waals surface area contributed by atoms with E-state index in [1.165, 1.54) is 18.8 Å². The Hall–Kier alpha value is -1.49. The fourth-order valence-corrected chi connectivity index (χ4v) is 1.87. The van der Waals surface area contributed by atoms with Crippen molar-refractivity contribution in [1.29, 1.82) is 0 Å². The van der Waals surface area contributed by atoms with E-state index in [9.17, 15) is 4.79 Å². The molecule has 1 aromatic rings. The van der Waals surface area contributed by atoms with Gasteiger partial charge in [-0.2, -0.15) is 0 Å². The minimum atomic E-state index is -0.179. The van der Waals surface area contributed by atoms with Gasteiger partial charge < -0.3 is 0 Å². The molecule has 1 unspecified atom stereocenters. The molecule has 0 aromatic carbocycles. The highest BCUT2D eigenvalue weighted by molar-refractivity contribution is 5.91. The fraction of sp³-hybridized carbons (Fsp3) is 0.545.